The summed E-state index contributed by atoms with van der Waals surface area (Å²) in [4.78, 5) is 26.0. The molecule has 6 heteroatoms. The Labute approximate surface area is 137 Å². The third-order valence-corrected chi connectivity index (χ3v) is 5.07. The normalized spacial score (nSPS) is 13.3. The fourth-order valence-electron chi connectivity index (χ4n) is 2.48. The Morgan fingerprint density at radius 1 is 1.05 bits per heavy atom. The zero-order valence-electron chi connectivity index (χ0n) is 11.8. The Balaban J connectivity index is 1.62. The number of hydrogen-bond acceptors (Lipinski definition) is 3. The second kappa shape index (κ2) is 6.50. The zero-order chi connectivity index (χ0) is 15.5. The summed E-state index contributed by atoms with van der Waals surface area (Å²) in [5, 5.41) is 0.477. The first kappa shape index (κ1) is 15.1. The fraction of sp³-hybridized carbons (Fsp3) is 0.250. The van der Waals surface area contributed by atoms with Crippen molar-refractivity contribution in [2.75, 3.05) is 0 Å². The number of carbonyl (C=O) groups is 2. The van der Waals surface area contributed by atoms with Crippen LogP contribution in [-0.2, 0) is 12.8 Å². The number of amides is 2. The number of fused-ring (bicyclic) bond motifs is 1. The molecule has 1 aromatic carbocycles. The van der Waals surface area contributed by atoms with Crippen LogP contribution in [0.15, 0.2) is 30.3 Å². The molecule has 4 nitrogen and oxygen atoms in total. The van der Waals surface area contributed by atoms with Crippen LogP contribution in [0.2, 0.25) is 5.02 Å². The second-order valence-corrected chi connectivity index (χ2v) is 6.76. The third-order valence-electron chi connectivity index (χ3n) is 3.60. The van der Waals surface area contributed by atoms with Crippen LogP contribution >= 0.6 is 22.9 Å². The van der Waals surface area contributed by atoms with E-state index in [-0.39, 0.29) is 5.91 Å². The van der Waals surface area contributed by atoms with Crippen LogP contribution in [0.5, 0.6) is 0 Å². The van der Waals surface area contributed by atoms with Crippen LogP contribution in [0.3, 0.4) is 0 Å². The first-order valence-corrected chi connectivity index (χ1v) is 8.31. The lowest BCUT2D eigenvalue weighted by molar-refractivity contribution is 0.0849. The van der Waals surface area contributed by atoms with Crippen molar-refractivity contribution in [3.8, 4) is 0 Å². The SMILES string of the molecule is O=C(NNC(=O)c1cc2c(s1)CCCC2)c1cccc(Cl)c1. The summed E-state index contributed by atoms with van der Waals surface area (Å²) in [5.41, 5.74) is 6.54. The summed E-state index contributed by atoms with van der Waals surface area (Å²) in [6, 6.07) is 8.49. The number of nitrogens with one attached hydrogen (secondary N) is 2. The van der Waals surface area contributed by atoms with E-state index in [1.807, 2.05) is 6.07 Å². The molecule has 1 aliphatic rings. The van der Waals surface area contributed by atoms with Gasteiger partial charge in [-0.25, -0.2) is 0 Å². The van der Waals surface area contributed by atoms with Crippen LogP contribution in [0.4, 0.5) is 0 Å². The summed E-state index contributed by atoms with van der Waals surface area (Å²) in [7, 11) is 0. The minimum Gasteiger partial charge on any atom is -0.267 e. The van der Waals surface area contributed by atoms with Crippen molar-refractivity contribution in [1.82, 2.24) is 10.9 Å². The monoisotopic (exact) mass is 334 g/mol. The van der Waals surface area contributed by atoms with Gasteiger partial charge in [-0.15, -0.1) is 11.3 Å². The van der Waals surface area contributed by atoms with Gasteiger partial charge in [-0.3, -0.25) is 20.4 Å². The molecule has 3 rings (SSSR count). The highest BCUT2D eigenvalue weighted by Crippen LogP contribution is 2.29. The van der Waals surface area contributed by atoms with Gasteiger partial charge in [0, 0.05) is 15.5 Å². The van der Waals surface area contributed by atoms with Crippen LogP contribution < -0.4 is 10.9 Å². The number of carbonyl (C=O) groups excluding carboxylic acids is 2. The van der Waals surface area contributed by atoms with Crippen molar-refractivity contribution in [3.05, 3.63) is 56.2 Å². The molecule has 0 saturated carbocycles. The molecule has 0 atom stereocenters. The highest BCUT2D eigenvalue weighted by atomic mass is 35.5. The molecule has 2 aromatic rings. The number of thiophene rings is 1. The van der Waals surface area contributed by atoms with E-state index in [1.54, 1.807) is 24.3 Å². The molecule has 0 unspecified atom stereocenters. The summed E-state index contributed by atoms with van der Waals surface area (Å²) in [6.07, 6.45) is 4.44. The van der Waals surface area contributed by atoms with E-state index < -0.39 is 5.91 Å². The molecule has 1 heterocycles. The number of benzene rings is 1. The quantitative estimate of drug-likeness (QED) is 0.827. The highest BCUT2D eigenvalue weighted by molar-refractivity contribution is 7.14. The van der Waals surface area contributed by atoms with Gasteiger partial charge in [-0.1, -0.05) is 17.7 Å². The van der Waals surface area contributed by atoms with E-state index in [0.717, 1.165) is 12.8 Å². The molecule has 0 fully saturated rings. The van der Waals surface area contributed by atoms with E-state index in [2.05, 4.69) is 10.9 Å². The molecule has 2 amide bonds. The molecule has 0 spiro atoms. The number of hydrogen-bond donors (Lipinski definition) is 2. The fourth-order valence-corrected chi connectivity index (χ4v) is 3.82. The van der Waals surface area contributed by atoms with Crippen LogP contribution in [0, 0.1) is 0 Å². The first-order chi connectivity index (χ1) is 10.6. The van der Waals surface area contributed by atoms with Gasteiger partial charge in [0.05, 0.1) is 4.88 Å². The van der Waals surface area contributed by atoms with Gasteiger partial charge in [-0.2, -0.15) is 0 Å². The van der Waals surface area contributed by atoms with Gasteiger partial charge in [0.1, 0.15) is 0 Å². The Morgan fingerprint density at radius 2 is 1.82 bits per heavy atom. The number of halogens is 1. The summed E-state index contributed by atoms with van der Waals surface area (Å²) >= 11 is 7.35. The summed E-state index contributed by atoms with van der Waals surface area (Å²) < 4.78 is 0. The van der Waals surface area contributed by atoms with Crippen LogP contribution in [0.25, 0.3) is 0 Å². The maximum absolute atomic E-state index is 12.1. The van der Waals surface area contributed by atoms with Crippen molar-refractivity contribution >= 4 is 34.8 Å². The van der Waals surface area contributed by atoms with Gasteiger partial charge in [0.2, 0.25) is 0 Å². The van der Waals surface area contributed by atoms with Gasteiger partial charge < -0.3 is 0 Å². The number of hydrazine groups is 1. The average molecular weight is 335 g/mol. The minimum absolute atomic E-state index is 0.283. The van der Waals surface area contributed by atoms with Crippen molar-refractivity contribution < 1.29 is 9.59 Å². The van der Waals surface area contributed by atoms with Crippen LogP contribution in [0.1, 0.15) is 43.3 Å². The minimum atomic E-state index is -0.392. The molecule has 1 aliphatic carbocycles. The first-order valence-electron chi connectivity index (χ1n) is 7.11. The Bertz CT molecular complexity index is 703. The highest BCUT2D eigenvalue weighted by Gasteiger charge is 2.17. The molecule has 1 aromatic heterocycles. The van der Waals surface area contributed by atoms with Gasteiger partial charge in [0.25, 0.3) is 11.8 Å². The van der Waals surface area contributed by atoms with Crippen LogP contribution in [-0.4, -0.2) is 11.8 Å². The smallest absolute Gasteiger partial charge is 0.267 e. The molecular weight excluding hydrogens is 320 g/mol. The number of aryl methyl sites for hydroxylation is 2. The molecule has 2 N–H and O–H groups in total. The van der Waals surface area contributed by atoms with E-state index in [9.17, 15) is 9.59 Å². The predicted molar refractivity (Wildman–Crippen MR) is 87.3 cm³/mol. The molecule has 114 valence electrons. The molecular formula is C16H15ClN2O2S. The van der Waals surface area contributed by atoms with Crippen molar-refractivity contribution in [2.24, 2.45) is 0 Å². The molecule has 0 saturated heterocycles. The zero-order valence-corrected chi connectivity index (χ0v) is 13.4. The lowest BCUT2D eigenvalue weighted by Gasteiger charge is -2.08. The van der Waals surface area contributed by atoms with Gasteiger partial charge in [-0.05, 0) is 55.5 Å². The Hall–Kier alpha value is -1.85. The standard InChI is InChI=1S/C16H15ClN2O2S/c17-12-6-3-5-11(8-12)15(20)18-19-16(21)14-9-10-4-1-2-7-13(10)22-14/h3,5-6,8-9H,1-2,4,7H2,(H,18,20)(H,19,21). The van der Waals surface area contributed by atoms with Crippen molar-refractivity contribution in [1.29, 1.82) is 0 Å². The summed E-state index contributed by atoms with van der Waals surface area (Å²) in [6.45, 7) is 0. The van der Waals surface area contributed by atoms with Crippen molar-refractivity contribution in [3.63, 3.8) is 0 Å². The maximum atomic E-state index is 12.1. The van der Waals surface area contributed by atoms with E-state index in [1.165, 1.54) is 34.6 Å². The second-order valence-electron chi connectivity index (χ2n) is 5.18. The summed E-state index contributed by atoms with van der Waals surface area (Å²) in [5.74, 6) is -0.674. The average Bonchev–Trinajstić information content (AvgIpc) is 2.96. The lowest BCUT2D eigenvalue weighted by atomic mass is 9.99. The van der Waals surface area contributed by atoms with Crippen molar-refractivity contribution in [2.45, 2.75) is 25.7 Å². The molecule has 0 radical (unpaired) electrons. The predicted octanol–water partition coefficient (Wildman–Crippen LogP) is 3.36. The largest absolute Gasteiger partial charge is 0.279 e. The van der Waals surface area contributed by atoms with E-state index in [0.29, 0.717) is 15.5 Å². The number of rotatable bonds is 2. The van der Waals surface area contributed by atoms with E-state index in [4.69, 9.17) is 11.6 Å². The molecule has 0 aliphatic heterocycles. The topological polar surface area (TPSA) is 58.2 Å². The Kier molecular flexibility index (Phi) is 4.45. The third kappa shape index (κ3) is 3.31. The van der Waals surface area contributed by atoms with Gasteiger partial charge >= 0.3 is 0 Å². The molecule has 22 heavy (non-hydrogen) atoms. The maximum Gasteiger partial charge on any atom is 0.279 e. The molecule has 0 bridgehead atoms. The lowest BCUT2D eigenvalue weighted by Crippen LogP contribution is -2.41. The van der Waals surface area contributed by atoms with Gasteiger partial charge in [0.15, 0.2) is 0 Å². The Morgan fingerprint density at radius 3 is 2.59 bits per heavy atom. The van der Waals surface area contributed by atoms with E-state index >= 15 is 0 Å².